The summed E-state index contributed by atoms with van der Waals surface area (Å²) in [7, 11) is -0.413. The van der Waals surface area contributed by atoms with Gasteiger partial charge in [0.15, 0.2) is 0 Å². The number of rotatable bonds is 1. The fraction of sp³-hybridized carbons (Fsp3) is 0.125. The van der Waals surface area contributed by atoms with E-state index < -0.39 is 16.7 Å². The topological polar surface area (TPSA) is 55.4 Å². The molecule has 3 nitrogen and oxygen atoms in total. The van der Waals surface area contributed by atoms with E-state index >= 15 is 0 Å². The zero-order chi connectivity index (χ0) is 8.97. The van der Waals surface area contributed by atoms with E-state index in [1.54, 1.807) is 0 Å². The van der Waals surface area contributed by atoms with Gasteiger partial charge >= 0.3 is 6.03 Å². The van der Waals surface area contributed by atoms with Gasteiger partial charge in [-0.15, -0.1) is 0 Å². The van der Waals surface area contributed by atoms with Gasteiger partial charge < -0.3 is 5.73 Å². The van der Waals surface area contributed by atoms with Crippen molar-refractivity contribution in [2.45, 2.75) is 4.90 Å². The third-order valence-electron chi connectivity index (χ3n) is 1.31. The molecule has 1 unspecified atom stereocenters. The van der Waals surface area contributed by atoms with E-state index in [0.717, 1.165) is 4.90 Å². The molecule has 0 aliphatic heterocycles. The van der Waals surface area contributed by atoms with Crippen molar-refractivity contribution in [2.24, 2.45) is 10.1 Å². The van der Waals surface area contributed by atoms with Crippen molar-refractivity contribution in [1.82, 2.24) is 0 Å². The van der Waals surface area contributed by atoms with E-state index in [0.29, 0.717) is 0 Å². The number of carbonyl (C=O) groups is 1. The van der Waals surface area contributed by atoms with Crippen LogP contribution in [0, 0.1) is 0 Å². The molecule has 0 aromatic heterocycles. The highest BCUT2D eigenvalue weighted by molar-refractivity contribution is 7.86. The first-order chi connectivity index (χ1) is 5.70. The largest absolute Gasteiger partial charge is 0.349 e. The molecule has 0 saturated heterocycles. The highest BCUT2D eigenvalue weighted by atomic mass is 32.2. The summed E-state index contributed by atoms with van der Waals surface area (Å²) in [5.41, 5.74) is 4.93. The summed E-state index contributed by atoms with van der Waals surface area (Å²) in [6.07, 6.45) is 1.86. The fourth-order valence-corrected chi connectivity index (χ4v) is 1.73. The van der Waals surface area contributed by atoms with Crippen LogP contribution in [0.25, 0.3) is 0 Å². The van der Waals surface area contributed by atoms with Crippen LogP contribution in [0.5, 0.6) is 0 Å². The van der Waals surface area contributed by atoms with Crippen molar-refractivity contribution < 1.29 is 4.79 Å². The lowest BCUT2D eigenvalue weighted by molar-refractivity contribution is 0.257. The normalized spacial score (nSPS) is 12.8. The van der Waals surface area contributed by atoms with Crippen molar-refractivity contribution in [3.63, 3.8) is 0 Å². The summed E-state index contributed by atoms with van der Waals surface area (Å²) in [5, 5.41) is 0. The van der Waals surface area contributed by atoms with Crippen LogP contribution in [0.4, 0.5) is 4.79 Å². The fourth-order valence-electron chi connectivity index (χ4n) is 0.805. The zero-order valence-corrected chi connectivity index (χ0v) is 7.54. The monoisotopic (exact) mass is 182 g/mol. The number of hydrogen-bond donors (Lipinski definition) is 1. The van der Waals surface area contributed by atoms with Crippen molar-refractivity contribution in [2.75, 3.05) is 6.26 Å². The van der Waals surface area contributed by atoms with E-state index in [4.69, 9.17) is 5.73 Å². The lowest BCUT2D eigenvalue weighted by Gasteiger charge is -1.98. The summed E-state index contributed by atoms with van der Waals surface area (Å²) in [6.45, 7) is 0. The van der Waals surface area contributed by atoms with Gasteiger partial charge in [-0.2, -0.15) is 4.36 Å². The van der Waals surface area contributed by atoms with Gasteiger partial charge in [-0.25, -0.2) is 4.79 Å². The van der Waals surface area contributed by atoms with Gasteiger partial charge in [0.05, 0.1) is 0 Å². The molecule has 2 amide bonds. The number of nitrogens with zero attached hydrogens (tertiary/aromatic N) is 1. The Morgan fingerprint density at radius 2 is 2.00 bits per heavy atom. The zero-order valence-electron chi connectivity index (χ0n) is 6.73. The Kier molecular flexibility index (Phi) is 2.99. The molecule has 0 aliphatic rings. The van der Waals surface area contributed by atoms with E-state index in [1.165, 1.54) is 0 Å². The van der Waals surface area contributed by atoms with E-state index in [2.05, 4.69) is 4.36 Å². The van der Waals surface area contributed by atoms with Gasteiger partial charge in [-0.1, -0.05) is 28.9 Å². The molecule has 0 radical (unpaired) electrons. The maximum atomic E-state index is 10.4. The first kappa shape index (κ1) is 8.93. The minimum absolute atomic E-state index is 0.413. The molecule has 0 aliphatic carbocycles. The van der Waals surface area contributed by atoms with Crippen LogP contribution < -0.4 is 5.73 Å². The molecule has 0 spiro atoms. The second kappa shape index (κ2) is 4.01. The Morgan fingerprint density at radius 3 is 2.50 bits per heavy atom. The number of nitrogens with two attached hydrogens (primary N) is 1. The van der Waals surface area contributed by atoms with E-state index in [1.807, 2.05) is 36.6 Å². The molecule has 1 aromatic carbocycles. The van der Waals surface area contributed by atoms with Crippen LogP contribution in [-0.2, 0) is 10.7 Å². The number of urea groups is 1. The predicted molar refractivity (Wildman–Crippen MR) is 50.0 cm³/mol. The molecule has 0 bridgehead atoms. The molecule has 1 aromatic rings. The first-order valence-electron chi connectivity index (χ1n) is 3.42. The molecule has 0 heterocycles. The third kappa shape index (κ3) is 2.47. The summed E-state index contributed by atoms with van der Waals surface area (Å²) < 4.78 is 3.71. The van der Waals surface area contributed by atoms with Crippen LogP contribution in [-0.4, -0.2) is 12.3 Å². The lowest BCUT2D eigenvalue weighted by atomic mass is 10.4. The summed E-state index contributed by atoms with van der Waals surface area (Å²) in [4.78, 5) is 11.5. The van der Waals surface area contributed by atoms with Crippen LogP contribution in [0.2, 0.25) is 0 Å². The van der Waals surface area contributed by atoms with Gasteiger partial charge in [0.25, 0.3) is 0 Å². The molecule has 2 N–H and O–H groups in total. The summed E-state index contributed by atoms with van der Waals surface area (Å²) in [5.74, 6) is 0. The van der Waals surface area contributed by atoms with Crippen LogP contribution in [0.1, 0.15) is 0 Å². The van der Waals surface area contributed by atoms with E-state index in [9.17, 15) is 4.79 Å². The molecule has 1 atom stereocenters. The second-order valence-electron chi connectivity index (χ2n) is 2.22. The summed E-state index contributed by atoms with van der Waals surface area (Å²) >= 11 is 0. The maximum Gasteiger partial charge on any atom is 0.344 e. The molecule has 1 rings (SSSR count). The lowest BCUT2D eigenvalue weighted by Crippen LogP contribution is -2.05. The molecule has 0 fully saturated rings. The Bertz CT molecular complexity index is 308. The Morgan fingerprint density at radius 1 is 1.42 bits per heavy atom. The number of carbonyl (C=O) groups excluding carboxylic acids is 1. The van der Waals surface area contributed by atoms with Crippen molar-refractivity contribution in [1.29, 1.82) is 0 Å². The highest BCUT2D eigenvalue weighted by Crippen LogP contribution is 2.05. The van der Waals surface area contributed by atoms with Crippen molar-refractivity contribution >= 4 is 16.7 Å². The highest BCUT2D eigenvalue weighted by Gasteiger charge is 1.94. The average molecular weight is 182 g/mol. The van der Waals surface area contributed by atoms with E-state index in [-0.39, 0.29) is 0 Å². The predicted octanol–water partition coefficient (Wildman–Crippen LogP) is 1.56. The van der Waals surface area contributed by atoms with Gasteiger partial charge in [-0.3, -0.25) is 0 Å². The molecular weight excluding hydrogens is 172 g/mol. The van der Waals surface area contributed by atoms with Crippen molar-refractivity contribution in [3.8, 4) is 0 Å². The molecule has 4 heteroatoms. The number of benzene rings is 1. The maximum absolute atomic E-state index is 10.4. The average Bonchev–Trinajstić information content (AvgIpc) is 2.05. The van der Waals surface area contributed by atoms with Crippen molar-refractivity contribution in [3.05, 3.63) is 30.3 Å². The summed E-state index contributed by atoms with van der Waals surface area (Å²) in [6, 6.07) is 8.99. The Labute approximate surface area is 73.7 Å². The van der Waals surface area contributed by atoms with Crippen LogP contribution in [0.3, 0.4) is 0 Å². The molecule has 64 valence electrons. The quantitative estimate of drug-likeness (QED) is 0.704. The van der Waals surface area contributed by atoms with Gasteiger partial charge in [0.1, 0.15) is 0 Å². The molecule has 0 saturated carbocycles. The SMILES string of the molecule is C/S(=N\C(N)=O)c1ccccc1. The molecular formula is C8H10N2OS. The smallest absolute Gasteiger partial charge is 0.344 e. The first-order valence-corrected chi connectivity index (χ1v) is 5.01. The van der Waals surface area contributed by atoms with Gasteiger partial charge in [-0.05, 0) is 18.4 Å². The minimum Gasteiger partial charge on any atom is -0.349 e. The van der Waals surface area contributed by atoms with Crippen LogP contribution in [0.15, 0.2) is 39.6 Å². The number of primary amides is 1. The van der Waals surface area contributed by atoms with Gasteiger partial charge in [0, 0.05) is 4.90 Å². The van der Waals surface area contributed by atoms with Gasteiger partial charge in [0.2, 0.25) is 0 Å². The third-order valence-corrected chi connectivity index (χ3v) is 2.72. The Hall–Kier alpha value is -1.16. The second-order valence-corrected chi connectivity index (χ2v) is 3.83. The van der Waals surface area contributed by atoms with Crippen LogP contribution >= 0.6 is 0 Å². The standard InChI is InChI=1S/C8H10N2OS/c1-12(10-8(9)11)7-5-3-2-4-6-7/h2-6H,1H3,(H2,9,11). The Balaban J connectivity index is 2.93. The minimum atomic E-state index is -0.607. The number of amides is 2. The number of hydrogen-bond acceptors (Lipinski definition) is 1. The molecule has 12 heavy (non-hydrogen) atoms.